The third kappa shape index (κ3) is 24.5. The van der Waals surface area contributed by atoms with E-state index in [1.54, 1.807) is 6.08 Å². The second-order valence-electron chi connectivity index (χ2n) is 1.92. The number of unbranched alkanes of at least 4 members (excludes halogenated alkanes) is 2. The van der Waals surface area contributed by atoms with Crippen LogP contribution in [0.15, 0.2) is 12.7 Å². The van der Waals surface area contributed by atoms with E-state index in [0.29, 0.717) is 6.54 Å². The van der Waals surface area contributed by atoms with Gasteiger partial charge in [-0.05, 0) is 6.42 Å². The average Bonchev–Trinajstić information content (AvgIpc) is 2.01. The molecule has 0 aliphatic rings. The number of rotatable bonds is 4. The van der Waals surface area contributed by atoms with Crippen LogP contribution in [0.4, 0.5) is 0 Å². The molecule has 0 saturated heterocycles. The first-order valence-electron chi connectivity index (χ1n) is 3.70. The van der Waals surface area contributed by atoms with Crippen LogP contribution < -0.4 is 5.73 Å². The van der Waals surface area contributed by atoms with E-state index in [9.17, 15) is 0 Å². The summed E-state index contributed by atoms with van der Waals surface area (Å²) in [5, 5.41) is 0. The second kappa shape index (κ2) is 16.0. The highest BCUT2D eigenvalue weighted by molar-refractivity contribution is 6.17. The maximum absolute atomic E-state index is 5.38. The minimum absolute atomic E-state index is 0.583. The van der Waals surface area contributed by atoms with Gasteiger partial charge in [-0.3, -0.25) is 0 Å². The molecule has 0 aliphatic carbocycles. The van der Waals surface area contributed by atoms with E-state index >= 15 is 0 Å². The molecule has 0 unspecified atom stereocenters. The topological polar surface area (TPSA) is 26.0 Å². The highest BCUT2D eigenvalue weighted by atomic mass is 35.5. The highest BCUT2D eigenvalue weighted by Gasteiger charge is 1.76. The van der Waals surface area contributed by atoms with Gasteiger partial charge in [0, 0.05) is 12.4 Å². The van der Waals surface area contributed by atoms with Crippen molar-refractivity contribution in [1.82, 2.24) is 0 Å². The van der Waals surface area contributed by atoms with Crippen LogP contribution in [0.2, 0.25) is 0 Å². The van der Waals surface area contributed by atoms with E-state index in [-0.39, 0.29) is 0 Å². The molecule has 0 amide bonds. The van der Waals surface area contributed by atoms with Gasteiger partial charge in [-0.1, -0.05) is 25.8 Å². The third-order valence-electron chi connectivity index (χ3n) is 0.904. The maximum Gasteiger partial charge on any atom is 0.0223 e. The Kier molecular flexibility index (Phi) is 20.2. The Morgan fingerprint density at radius 3 is 2.10 bits per heavy atom. The molecule has 2 N–H and O–H groups in total. The molecule has 10 heavy (non-hydrogen) atoms. The van der Waals surface area contributed by atoms with Crippen molar-refractivity contribution in [2.45, 2.75) is 26.2 Å². The lowest BCUT2D eigenvalue weighted by Crippen LogP contribution is -1.90. The van der Waals surface area contributed by atoms with E-state index in [0.717, 1.165) is 5.88 Å². The minimum atomic E-state index is 0.583. The van der Waals surface area contributed by atoms with Crippen molar-refractivity contribution in [2.24, 2.45) is 5.73 Å². The van der Waals surface area contributed by atoms with Gasteiger partial charge in [0.05, 0.1) is 0 Å². The zero-order valence-electron chi connectivity index (χ0n) is 6.78. The average molecular weight is 164 g/mol. The van der Waals surface area contributed by atoms with E-state index in [2.05, 4.69) is 13.5 Å². The van der Waals surface area contributed by atoms with Crippen molar-refractivity contribution in [3.8, 4) is 0 Å². The zero-order chi connectivity index (χ0) is 8.24. The molecule has 1 nitrogen and oxygen atoms in total. The van der Waals surface area contributed by atoms with Crippen LogP contribution in [0.5, 0.6) is 0 Å². The molecule has 0 atom stereocenters. The summed E-state index contributed by atoms with van der Waals surface area (Å²) < 4.78 is 0. The Balaban J connectivity index is 0. The van der Waals surface area contributed by atoms with Crippen LogP contribution in [0.25, 0.3) is 0 Å². The normalized spacial score (nSPS) is 7.90. The van der Waals surface area contributed by atoms with Gasteiger partial charge < -0.3 is 5.73 Å². The lowest BCUT2D eigenvalue weighted by atomic mass is 10.3. The quantitative estimate of drug-likeness (QED) is 0.385. The van der Waals surface area contributed by atoms with E-state index in [1.807, 2.05) is 0 Å². The first-order valence-corrected chi connectivity index (χ1v) is 4.23. The van der Waals surface area contributed by atoms with Gasteiger partial charge in [-0.15, -0.1) is 18.2 Å². The van der Waals surface area contributed by atoms with Crippen LogP contribution in [-0.2, 0) is 0 Å². The molecule has 0 aliphatic heterocycles. The van der Waals surface area contributed by atoms with Crippen LogP contribution in [0, 0.1) is 0 Å². The van der Waals surface area contributed by atoms with Gasteiger partial charge in [-0.25, -0.2) is 0 Å². The molecule has 0 bridgehead atoms. The van der Waals surface area contributed by atoms with Gasteiger partial charge in [0.25, 0.3) is 0 Å². The van der Waals surface area contributed by atoms with Crippen LogP contribution in [0.1, 0.15) is 26.2 Å². The van der Waals surface area contributed by atoms with Crippen molar-refractivity contribution >= 4 is 11.6 Å². The predicted octanol–water partition coefficient (Wildman–Crippen LogP) is 2.55. The van der Waals surface area contributed by atoms with E-state index < -0.39 is 0 Å². The number of halogens is 1. The highest BCUT2D eigenvalue weighted by Crippen LogP contribution is 1.93. The van der Waals surface area contributed by atoms with Crippen molar-refractivity contribution in [2.75, 3.05) is 12.4 Å². The van der Waals surface area contributed by atoms with Gasteiger partial charge >= 0.3 is 0 Å². The van der Waals surface area contributed by atoms with Gasteiger partial charge in [0.2, 0.25) is 0 Å². The second-order valence-corrected chi connectivity index (χ2v) is 2.30. The first-order chi connectivity index (χ1) is 4.83. The standard InChI is InChI=1S/C5H11Cl.C3H7N/c1-2-3-4-5-6;1-2-3-4/h2-5H2,1H3;2H,1,3-4H2. The molecule has 0 heterocycles. The van der Waals surface area contributed by atoms with Crippen molar-refractivity contribution in [3.63, 3.8) is 0 Å². The number of hydrogen-bond acceptors (Lipinski definition) is 1. The SMILES string of the molecule is C=CCN.CCCCCCl. The molecule has 2 heteroatoms. The summed E-state index contributed by atoms with van der Waals surface area (Å²) in [6, 6.07) is 0. The fraction of sp³-hybridized carbons (Fsp3) is 0.750. The lowest BCUT2D eigenvalue weighted by Gasteiger charge is -1.84. The van der Waals surface area contributed by atoms with Crippen LogP contribution in [0.3, 0.4) is 0 Å². The van der Waals surface area contributed by atoms with Crippen molar-refractivity contribution in [1.29, 1.82) is 0 Å². The summed E-state index contributed by atoms with van der Waals surface area (Å²) in [5.74, 6) is 0.827. The summed E-state index contributed by atoms with van der Waals surface area (Å²) in [7, 11) is 0. The molecule has 0 fully saturated rings. The monoisotopic (exact) mass is 163 g/mol. The zero-order valence-corrected chi connectivity index (χ0v) is 7.53. The van der Waals surface area contributed by atoms with E-state index in [1.165, 1.54) is 19.3 Å². The van der Waals surface area contributed by atoms with Crippen LogP contribution in [-0.4, -0.2) is 12.4 Å². The van der Waals surface area contributed by atoms with Crippen molar-refractivity contribution < 1.29 is 0 Å². The fourth-order valence-corrected chi connectivity index (χ4v) is 0.533. The minimum Gasteiger partial charge on any atom is -0.327 e. The summed E-state index contributed by atoms with van der Waals surface area (Å²) in [4.78, 5) is 0. The molecule has 0 radical (unpaired) electrons. The molecular weight excluding hydrogens is 146 g/mol. The number of nitrogens with two attached hydrogens (primary N) is 1. The van der Waals surface area contributed by atoms with Crippen molar-refractivity contribution in [3.05, 3.63) is 12.7 Å². The molecule has 0 spiro atoms. The molecule has 0 saturated carbocycles. The molecular formula is C8H18ClN. The largest absolute Gasteiger partial charge is 0.327 e. The van der Waals surface area contributed by atoms with Gasteiger partial charge in [0.1, 0.15) is 0 Å². The van der Waals surface area contributed by atoms with Crippen LogP contribution >= 0.6 is 11.6 Å². The summed E-state index contributed by atoms with van der Waals surface area (Å²) in [6.45, 7) is 6.11. The molecule has 0 aromatic heterocycles. The number of alkyl halides is 1. The summed E-state index contributed by atoms with van der Waals surface area (Å²) in [5.41, 5.74) is 4.91. The first kappa shape index (κ1) is 12.6. The Morgan fingerprint density at radius 2 is 2.00 bits per heavy atom. The molecule has 0 rings (SSSR count). The lowest BCUT2D eigenvalue weighted by molar-refractivity contribution is 0.776. The smallest absolute Gasteiger partial charge is 0.0223 e. The molecule has 62 valence electrons. The Hall–Kier alpha value is -0.0100. The Labute approximate surface area is 69.3 Å². The maximum atomic E-state index is 5.38. The number of hydrogen-bond donors (Lipinski definition) is 1. The Morgan fingerprint density at radius 1 is 1.50 bits per heavy atom. The van der Waals surface area contributed by atoms with Gasteiger partial charge in [-0.2, -0.15) is 0 Å². The molecule has 0 aromatic carbocycles. The Bertz CT molecular complexity index is 51.2. The third-order valence-corrected chi connectivity index (χ3v) is 1.17. The summed E-state index contributed by atoms with van der Waals surface area (Å²) in [6.07, 6.45) is 5.38. The predicted molar refractivity (Wildman–Crippen MR) is 49.5 cm³/mol. The molecule has 0 aromatic rings. The van der Waals surface area contributed by atoms with E-state index in [4.69, 9.17) is 17.3 Å². The fourth-order valence-electron chi connectivity index (χ4n) is 0.344. The van der Waals surface area contributed by atoms with Gasteiger partial charge in [0.15, 0.2) is 0 Å². The summed E-state index contributed by atoms with van der Waals surface area (Å²) >= 11 is 5.38.